The molecule has 2 aliphatic rings. The number of anilines is 2. The lowest BCUT2D eigenvalue weighted by Gasteiger charge is -2.39. The van der Waals surface area contributed by atoms with Crippen LogP contribution in [0, 0.1) is 12.8 Å². The molecule has 2 unspecified atom stereocenters. The molecule has 2 saturated heterocycles. The van der Waals surface area contributed by atoms with Crippen molar-refractivity contribution in [1.82, 2.24) is 24.9 Å². The summed E-state index contributed by atoms with van der Waals surface area (Å²) < 4.78 is 1.79. The van der Waals surface area contributed by atoms with Crippen molar-refractivity contribution < 1.29 is 9.59 Å². The van der Waals surface area contributed by atoms with Gasteiger partial charge in [0.2, 0.25) is 0 Å². The summed E-state index contributed by atoms with van der Waals surface area (Å²) in [5.74, 6) is 1.20. The number of nitrogens with one attached hydrogen (secondary N) is 3. The molecule has 42 heavy (non-hydrogen) atoms. The Hall–Kier alpha value is -4.40. The number of carbonyl (C=O) groups excluding carboxylic acids is 2. The van der Waals surface area contributed by atoms with Gasteiger partial charge in [0, 0.05) is 35.4 Å². The van der Waals surface area contributed by atoms with E-state index in [1.54, 1.807) is 17.1 Å². The molecule has 2 fully saturated rings. The predicted molar refractivity (Wildman–Crippen MR) is 164 cm³/mol. The molecule has 4 aromatic rings. The van der Waals surface area contributed by atoms with Crippen molar-refractivity contribution in [3.05, 3.63) is 89.4 Å². The van der Waals surface area contributed by atoms with Crippen LogP contribution in [0.2, 0.25) is 0 Å². The normalized spacial score (nSPS) is 20.0. The van der Waals surface area contributed by atoms with E-state index in [-0.39, 0.29) is 29.4 Å². The van der Waals surface area contributed by atoms with Gasteiger partial charge in [0.1, 0.15) is 5.82 Å². The van der Waals surface area contributed by atoms with Crippen LogP contribution >= 0.6 is 0 Å². The highest BCUT2D eigenvalue weighted by molar-refractivity contribution is 5.99. The highest BCUT2D eigenvalue weighted by Crippen LogP contribution is 2.41. The van der Waals surface area contributed by atoms with Gasteiger partial charge in [-0.3, -0.25) is 15.2 Å². The van der Waals surface area contributed by atoms with Crippen molar-refractivity contribution in [3.8, 4) is 5.69 Å². The molecule has 4 heterocycles. The molecule has 2 aliphatic heterocycles. The lowest BCUT2D eigenvalue weighted by molar-refractivity contribution is 0.0524. The maximum absolute atomic E-state index is 13.2. The fourth-order valence-electron chi connectivity index (χ4n) is 6.41. The van der Waals surface area contributed by atoms with Gasteiger partial charge >= 0.3 is 6.03 Å². The smallest absolute Gasteiger partial charge is 0.324 e. The Bertz CT molecular complexity index is 1550. The van der Waals surface area contributed by atoms with Crippen LogP contribution in [0.1, 0.15) is 73.6 Å². The van der Waals surface area contributed by atoms with Gasteiger partial charge in [-0.25, -0.2) is 9.48 Å². The fraction of sp³-hybridized carbons (Fsp3) is 0.394. The zero-order valence-corrected chi connectivity index (χ0v) is 24.7. The summed E-state index contributed by atoms with van der Waals surface area (Å²) in [6.07, 6.45) is 8.33. The number of carbonyl (C=O) groups is 2. The van der Waals surface area contributed by atoms with Gasteiger partial charge in [-0.1, -0.05) is 50.6 Å². The van der Waals surface area contributed by atoms with Crippen LogP contribution in [-0.2, 0) is 11.8 Å². The molecule has 9 nitrogen and oxygen atoms in total. The number of piperidine rings is 1. The Kier molecular flexibility index (Phi) is 7.35. The van der Waals surface area contributed by atoms with Gasteiger partial charge < -0.3 is 10.2 Å². The molecule has 2 atom stereocenters. The van der Waals surface area contributed by atoms with Crippen LogP contribution in [0.25, 0.3) is 5.69 Å². The minimum atomic E-state index is -0.315. The molecule has 2 aromatic carbocycles. The van der Waals surface area contributed by atoms with Crippen LogP contribution in [0.15, 0.2) is 67.0 Å². The number of benzene rings is 2. The van der Waals surface area contributed by atoms with Crippen LogP contribution in [0.4, 0.5) is 16.3 Å². The van der Waals surface area contributed by atoms with Crippen LogP contribution in [0.3, 0.4) is 0 Å². The molecule has 2 aromatic heterocycles. The summed E-state index contributed by atoms with van der Waals surface area (Å²) in [5, 5.41) is 17.6. The van der Waals surface area contributed by atoms with Crippen molar-refractivity contribution >= 4 is 23.4 Å². The number of rotatable bonds is 6. The lowest BCUT2D eigenvalue weighted by atomic mass is 9.85. The largest absolute Gasteiger partial charge is 0.333 e. The highest BCUT2D eigenvalue weighted by atomic mass is 16.2. The van der Waals surface area contributed by atoms with Crippen molar-refractivity contribution in [1.29, 1.82) is 0 Å². The van der Waals surface area contributed by atoms with Crippen molar-refractivity contribution in [3.63, 3.8) is 0 Å². The number of aryl methyl sites for hydroxylation is 1. The first-order chi connectivity index (χ1) is 20.1. The minimum absolute atomic E-state index is 0.0882. The molecule has 9 heteroatoms. The minimum Gasteiger partial charge on any atom is -0.333 e. The van der Waals surface area contributed by atoms with Crippen molar-refractivity contribution in [2.24, 2.45) is 5.92 Å². The summed E-state index contributed by atoms with van der Waals surface area (Å²) in [7, 11) is 0. The molecule has 2 bridgehead atoms. The third kappa shape index (κ3) is 5.82. The number of nitrogens with zero attached hydrogens (tertiary/aromatic N) is 4. The van der Waals surface area contributed by atoms with E-state index in [1.807, 2.05) is 49.4 Å². The summed E-state index contributed by atoms with van der Waals surface area (Å²) in [6.45, 7) is 8.37. The maximum atomic E-state index is 13.2. The van der Waals surface area contributed by atoms with Gasteiger partial charge in [-0.05, 0) is 74.8 Å². The summed E-state index contributed by atoms with van der Waals surface area (Å²) in [4.78, 5) is 28.3. The van der Waals surface area contributed by atoms with Gasteiger partial charge in [-0.15, -0.1) is 0 Å². The third-order valence-electron chi connectivity index (χ3n) is 8.52. The Balaban J connectivity index is 1.11. The molecule has 3 N–H and O–H groups in total. The van der Waals surface area contributed by atoms with Crippen LogP contribution in [-0.4, -0.2) is 48.9 Å². The number of aromatic amines is 1. The summed E-state index contributed by atoms with van der Waals surface area (Å²) in [5.41, 5.74) is 5.35. The molecule has 0 aliphatic carbocycles. The van der Waals surface area contributed by atoms with E-state index in [9.17, 15) is 9.59 Å². The average molecular weight is 566 g/mol. The Morgan fingerprint density at radius 2 is 1.74 bits per heavy atom. The number of H-pyrrole nitrogens is 1. The maximum Gasteiger partial charge on any atom is 0.324 e. The molecule has 0 radical (unpaired) electrons. The van der Waals surface area contributed by atoms with Gasteiger partial charge in [0.25, 0.3) is 5.91 Å². The molecular weight excluding hydrogens is 526 g/mol. The zero-order chi connectivity index (χ0) is 29.4. The van der Waals surface area contributed by atoms with E-state index in [2.05, 4.69) is 58.6 Å². The topological polar surface area (TPSA) is 108 Å². The van der Waals surface area contributed by atoms with Gasteiger partial charge in [0.15, 0.2) is 0 Å². The van der Waals surface area contributed by atoms with Gasteiger partial charge in [0.05, 0.1) is 23.1 Å². The zero-order valence-electron chi connectivity index (χ0n) is 24.7. The quantitative estimate of drug-likeness (QED) is 0.249. The number of amides is 3. The Labute approximate surface area is 246 Å². The summed E-state index contributed by atoms with van der Waals surface area (Å²) >= 11 is 0. The summed E-state index contributed by atoms with van der Waals surface area (Å²) in [6, 6.07) is 18.3. The second-order valence-electron chi connectivity index (χ2n) is 12.8. The van der Waals surface area contributed by atoms with E-state index >= 15 is 0 Å². The van der Waals surface area contributed by atoms with Gasteiger partial charge in [-0.2, -0.15) is 10.2 Å². The van der Waals surface area contributed by atoms with E-state index < -0.39 is 0 Å². The first-order valence-electron chi connectivity index (χ1n) is 14.8. The van der Waals surface area contributed by atoms with Crippen molar-refractivity contribution in [2.45, 2.75) is 77.3 Å². The first kappa shape index (κ1) is 27.8. The average Bonchev–Trinajstić information content (AvgIpc) is 3.68. The molecule has 0 spiro atoms. The van der Waals surface area contributed by atoms with E-state index in [4.69, 9.17) is 5.10 Å². The Morgan fingerprint density at radius 1 is 1.00 bits per heavy atom. The predicted octanol–water partition coefficient (Wildman–Crippen LogP) is 6.47. The molecule has 6 rings (SSSR count). The van der Waals surface area contributed by atoms with Crippen LogP contribution < -0.4 is 10.6 Å². The third-order valence-corrected chi connectivity index (χ3v) is 8.52. The van der Waals surface area contributed by atoms with E-state index in [0.29, 0.717) is 17.3 Å². The molecular formula is C33H39N7O2. The van der Waals surface area contributed by atoms with Crippen molar-refractivity contribution in [2.75, 3.05) is 10.6 Å². The highest BCUT2D eigenvalue weighted by Gasteiger charge is 2.43. The van der Waals surface area contributed by atoms with Crippen LogP contribution in [0.5, 0.6) is 0 Å². The lowest BCUT2D eigenvalue weighted by Crippen LogP contribution is -2.46. The number of hydrogen-bond acceptors (Lipinski definition) is 4. The SMILES string of the molecule is Cc1ccc(-n2nc(C(C)(C)C)cc2NC(=O)Nc2cccc(CC3CC4CCC(C3)N4C(=O)c3cn[nH]c3)c2)cc1. The second kappa shape index (κ2) is 11.1. The van der Waals surface area contributed by atoms with E-state index in [0.717, 1.165) is 54.7 Å². The molecule has 0 saturated carbocycles. The van der Waals surface area contributed by atoms with E-state index in [1.165, 1.54) is 5.56 Å². The standard InChI is InChI=1S/C33H39N7O2/c1-21-8-10-26(11-9-21)40-30(18-29(38-40)33(2,3)4)37-32(42)36-25-7-5-6-22(15-25)14-23-16-27-12-13-28(17-23)39(27)31(41)24-19-34-35-20-24/h5-11,15,18-20,23,27-28H,12-14,16-17H2,1-4H3,(H,34,35)(H2,36,37,42). The monoisotopic (exact) mass is 565 g/mol. The fourth-order valence-corrected chi connectivity index (χ4v) is 6.41. The second-order valence-corrected chi connectivity index (χ2v) is 12.8. The number of fused-ring (bicyclic) bond motifs is 2. The first-order valence-corrected chi connectivity index (χ1v) is 14.8. The number of urea groups is 1. The molecule has 218 valence electrons. The number of aromatic nitrogens is 4. The Morgan fingerprint density at radius 3 is 2.40 bits per heavy atom. The number of hydrogen-bond donors (Lipinski definition) is 3. The molecule has 3 amide bonds.